The van der Waals surface area contributed by atoms with E-state index >= 15 is 0 Å². The molecule has 1 atom stereocenters. The first-order chi connectivity index (χ1) is 17.6. The molecule has 0 saturated carbocycles. The van der Waals surface area contributed by atoms with Crippen molar-refractivity contribution in [3.05, 3.63) is 82.0 Å². The fraction of sp³-hybridized carbons (Fsp3) is 0.231. The minimum atomic E-state index is -1.61. The molecule has 4 aromatic rings. The topological polar surface area (TPSA) is 111 Å². The first-order valence-electron chi connectivity index (χ1n) is 11.1. The molecule has 1 unspecified atom stereocenters. The summed E-state index contributed by atoms with van der Waals surface area (Å²) in [7, 11) is 4.70. The molecule has 2 N–H and O–H groups in total. The maximum Gasteiger partial charge on any atom is 0.247 e. The Kier molecular flexibility index (Phi) is 7.40. The number of carbonyl (C=O) groups excluding carboxylic acids is 1. The van der Waals surface area contributed by atoms with Crippen LogP contribution in [0, 0.1) is 0 Å². The Morgan fingerprint density at radius 3 is 2.51 bits per heavy atom. The number of ether oxygens (including phenoxy) is 2. The van der Waals surface area contributed by atoms with Gasteiger partial charge in [-0.1, -0.05) is 41.9 Å². The number of carbonyl (C=O) groups is 1. The number of halogens is 2. The largest absolute Gasteiger partial charge is 0.495 e. The van der Waals surface area contributed by atoms with Crippen LogP contribution in [-0.2, 0) is 23.9 Å². The number of nitrogens with zero attached hydrogens (tertiary/aromatic N) is 4. The summed E-state index contributed by atoms with van der Waals surface area (Å²) in [5.41, 5.74) is 0.874. The van der Waals surface area contributed by atoms with E-state index < -0.39 is 5.60 Å². The monoisotopic (exact) mass is 541 g/mol. The van der Waals surface area contributed by atoms with Crippen LogP contribution in [0.25, 0.3) is 10.9 Å². The quantitative estimate of drug-likeness (QED) is 0.312. The summed E-state index contributed by atoms with van der Waals surface area (Å²) in [6.45, 7) is 5.06. The van der Waals surface area contributed by atoms with Crippen molar-refractivity contribution in [2.75, 3.05) is 19.5 Å². The van der Waals surface area contributed by atoms with Crippen LogP contribution in [0.3, 0.4) is 0 Å². The zero-order valence-corrected chi connectivity index (χ0v) is 22.2. The number of rotatable bonds is 8. The van der Waals surface area contributed by atoms with Crippen molar-refractivity contribution >= 4 is 45.7 Å². The average molecular weight is 542 g/mol. The van der Waals surface area contributed by atoms with Crippen LogP contribution in [0.1, 0.15) is 29.6 Å². The van der Waals surface area contributed by atoms with Crippen LogP contribution in [-0.4, -0.2) is 45.0 Å². The molecule has 1 amide bonds. The summed E-state index contributed by atoms with van der Waals surface area (Å²) in [5.74, 6) is 0.778. The Morgan fingerprint density at radius 2 is 1.89 bits per heavy atom. The molecule has 2 aromatic heterocycles. The van der Waals surface area contributed by atoms with E-state index in [2.05, 4.69) is 27.0 Å². The third kappa shape index (κ3) is 5.11. The summed E-state index contributed by atoms with van der Waals surface area (Å²) in [6, 6.07) is 6.87. The van der Waals surface area contributed by atoms with Gasteiger partial charge in [0.25, 0.3) is 0 Å². The standard InChI is InChI=1S/C26H25Cl2N5O4/c1-6-22(34)31-18-13-33(3)32-17(18)10-21-29-12-14-7-8-15(9-16(14)30-21)26(2,35)23-24(27)19(36-4)11-20(37-5)25(23)28/h6-9,11-13,35H,1,10H2,2-5H3,(H,31,34). The van der Waals surface area contributed by atoms with Gasteiger partial charge in [-0.25, -0.2) is 9.97 Å². The van der Waals surface area contributed by atoms with Gasteiger partial charge in [-0.05, 0) is 24.6 Å². The third-order valence-electron chi connectivity index (χ3n) is 5.93. The number of amides is 1. The van der Waals surface area contributed by atoms with Gasteiger partial charge in [0.15, 0.2) is 0 Å². The molecule has 0 aliphatic rings. The first-order valence-corrected chi connectivity index (χ1v) is 11.9. The number of hydrogen-bond acceptors (Lipinski definition) is 7. The maximum atomic E-state index is 11.8. The lowest BCUT2D eigenvalue weighted by atomic mass is 9.87. The molecule has 0 fully saturated rings. The number of aromatic nitrogens is 4. The average Bonchev–Trinajstić information content (AvgIpc) is 3.21. The number of aliphatic hydroxyl groups is 1. The molecule has 0 aliphatic carbocycles. The normalized spacial score (nSPS) is 12.7. The van der Waals surface area contributed by atoms with E-state index in [0.717, 1.165) is 5.39 Å². The van der Waals surface area contributed by atoms with Crippen LogP contribution in [0.15, 0.2) is 49.3 Å². The van der Waals surface area contributed by atoms with E-state index in [4.69, 9.17) is 32.7 Å². The number of methoxy groups -OCH3 is 2. The summed E-state index contributed by atoms with van der Waals surface area (Å²) in [6.07, 6.45) is 4.85. The highest BCUT2D eigenvalue weighted by molar-refractivity contribution is 6.38. The smallest absolute Gasteiger partial charge is 0.247 e. The zero-order valence-electron chi connectivity index (χ0n) is 20.7. The van der Waals surface area contributed by atoms with Gasteiger partial charge < -0.3 is 19.9 Å². The highest BCUT2D eigenvalue weighted by Crippen LogP contribution is 2.47. The molecular weight excluding hydrogens is 517 g/mol. The summed E-state index contributed by atoms with van der Waals surface area (Å²) >= 11 is 13.2. The Labute approximate surface area is 223 Å². The van der Waals surface area contributed by atoms with Gasteiger partial charge in [0.05, 0.1) is 47.6 Å². The van der Waals surface area contributed by atoms with E-state index in [1.165, 1.54) is 20.3 Å². The molecule has 0 aliphatic heterocycles. The Bertz CT molecular complexity index is 1490. The lowest BCUT2D eigenvalue weighted by Crippen LogP contribution is -2.24. The third-order valence-corrected chi connectivity index (χ3v) is 6.68. The molecule has 37 heavy (non-hydrogen) atoms. The van der Waals surface area contributed by atoms with Gasteiger partial charge in [-0.3, -0.25) is 9.48 Å². The second-order valence-electron chi connectivity index (χ2n) is 8.45. The number of nitrogens with one attached hydrogen (secondary N) is 1. The maximum absolute atomic E-state index is 11.8. The van der Waals surface area contributed by atoms with Gasteiger partial charge in [-0.2, -0.15) is 5.10 Å². The molecule has 2 aromatic carbocycles. The highest BCUT2D eigenvalue weighted by atomic mass is 35.5. The van der Waals surface area contributed by atoms with Gasteiger partial charge >= 0.3 is 0 Å². The predicted molar refractivity (Wildman–Crippen MR) is 143 cm³/mol. The molecule has 0 saturated heterocycles. The SMILES string of the molecule is C=CC(=O)Nc1cn(C)nc1Cc1ncc2ccc(C(C)(O)c3c(Cl)c(OC)cc(OC)c3Cl)cc2n1. The van der Waals surface area contributed by atoms with Crippen molar-refractivity contribution in [1.82, 2.24) is 19.7 Å². The number of aryl methyl sites for hydroxylation is 1. The van der Waals surface area contributed by atoms with Crippen molar-refractivity contribution in [2.24, 2.45) is 7.05 Å². The number of fused-ring (bicyclic) bond motifs is 1. The van der Waals surface area contributed by atoms with E-state index in [0.29, 0.717) is 39.8 Å². The van der Waals surface area contributed by atoms with E-state index in [9.17, 15) is 9.90 Å². The summed E-state index contributed by atoms with van der Waals surface area (Å²) < 4.78 is 12.3. The predicted octanol–water partition coefficient (Wildman–Crippen LogP) is 4.66. The van der Waals surface area contributed by atoms with E-state index in [1.807, 2.05) is 0 Å². The molecule has 0 spiro atoms. The van der Waals surface area contributed by atoms with Crippen LogP contribution in [0.4, 0.5) is 5.69 Å². The first kappa shape index (κ1) is 26.4. The van der Waals surface area contributed by atoms with Crippen LogP contribution >= 0.6 is 23.2 Å². The minimum absolute atomic E-state index is 0.172. The molecular formula is C26H25Cl2N5O4. The summed E-state index contributed by atoms with van der Waals surface area (Å²) in [4.78, 5) is 20.9. The van der Waals surface area contributed by atoms with Gasteiger partial charge in [-0.15, -0.1) is 0 Å². The minimum Gasteiger partial charge on any atom is -0.495 e. The van der Waals surface area contributed by atoms with E-state index in [1.54, 1.807) is 55.3 Å². The van der Waals surface area contributed by atoms with Crippen LogP contribution in [0.5, 0.6) is 11.5 Å². The highest BCUT2D eigenvalue weighted by Gasteiger charge is 2.34. The Balaban J connectivity index is 1.75. The number of anilines is 1. The second kappa shape index (κ2) is 10.4. The zero-order chi connectivity index (χ0) is 26.9. The molecule has 11 heteroatoms. The van der Waals surface area contributed by atoms with E-state index in [-0.39, 0.29) is 27.9 Å². The van der Waals surface area contributed by atoms with Gasteiger partial charge in [0.1, 0.15) is 22.9 Å². The fourth-order valence-corrected chi connectivity index (χ4v) is 4.88. The molecule has 0 radical (unpaired) electrons. The molecule has 9 nitrogen and oxygen atoms in total. The van der Waals surface area contributed by atoms with Crippen LogP contribution in [0.2, 0.25) is 10.0 Å². The molecule has 4 rings (SSSR count). The molecule has 0 bridgehead atoms. The van der Waals surface area contributed by atoms with Crippen molar-refractivity contribution in [3.63, 3.8) is 0 Å². The van der Waals surface area contributed by atoms with Gasteiger partial charge in [0.2, 0.25) is 5.91 Å². The summed E-state index contributed by atoms with van der Waals surface area (Å²) in [5, 5.41) is 20.0. The molecule has 2 heterocycles. The second-order valence-corrected chi connectivity index (χ2v) is 9.21. The van der Waals surface area contributed by atoms with Crippen molar-refractivity contribution in [2.45, 2.75) is 18.9 Å². The lowest BCUT2D eigenvalue weighted by molar-refractivity contribution is -0.111. The van der Waals surface area contributed by atoms with Crippen molar-refractivity contribution in [1.29, 1.82) is 0 Å². The Hall–Kier alpha value is -3.66. The number of benzene rings is 2. The lowest BCUT2D eigenvalue weighted by Gasteiger charge is -2.28. The van der Waals surface area contributed by atoms with Crippen LogP contribution < -0.4 is 14.8 Å². The Morgan fingerprint density at radius 1 is 1.22 bits per heavy atom. The van der Waals surface area contributed by atoms with Crippen molar-refractivity contribution in [3.8, 4) is 11.5 Å². The fourth-order valence-electron chi connectivity index (χ4n) is 4.01. The number of hydrogen-bond donors (Lipinski definition) is 2. The molecule has 192 valence electrons. The van der Waals surface area contributed by atoms with Gasteiger partial charge in [0, 0.05) is 36.5 Å². The van der Waals surface area contributed by atoms with Crippen molar-refractivity contribution < 1.29 is 19.4 Å².